The topological polar surface area (TPSA) is 41.6 Å². The zero-order valence-electron chi connectivity index (χ0n) is 6.41. The van der Waals surface area contributed by atoms with Crippen molar-refractivity contribution < 1.29 is 0 Å². The first-order valence-corrected chi connectivity index (χ1v) is 3.74. The quantitative estimate of drug-likeness (QED) is 0.553. The molecule has 1 atom stereocenters. The number of hydrogen-bond donors (Lipinski definition) is 0. The lowest BCUT2D eigenvalue weighted by Crippen LogP contribution is -1.94. The van der Waals surface area contributed by atoms with Crippen molar-refractivity contribution in [2.75, 3.05) is 0 Å². The van der Waals surface area contributed by atoms with E-state index in [2.05, 4.69) is 15.6 Å². The third kappa shape index (κ3) is 0.758. The standard InChI is InChI=1S/C8H9N3/c1-6-5-10-8-7(4-9)2-3-11(6)8/h5,7H,2-3H2,1H3. The zero-order valence-corrected chi connectivity index (χ0v) is 6.41. The van der Waals surface area contributed by atoms with E-state index in [0.29, 0.717) is 0 Å². The van der Waals surface area contributed by atoms with Gasteiger partial charge >= 0.3 is 0 Å². The minimum absolute atomic E-state index is 0.0312. The fourth-order valence-electron chi connectivity index (χ4n) is 1.56. The van der Waals surface area contributed by atoms with Crippen molar-refractivity contribution in [1.82, 2.24) is 9.55 Å². The fraction of sp³-hybridized carbons (Fsp3) is 0.500. The molecule has 0 aliphatic carbocycles. The number of hydrogen-bond acceptors (Lipinski definition) is 2. The van der Waals surface area contributed by atoms with Crippen molar-refractivity contribution in [3.8, 4) is 6.07 Å². The first-order valence-electron chi connectivity index (χ1n) is 3.74. The lowest BCUT2D eigenvalue weighted by molar-refractivity contribution is 0.717. The molecule has 3 heteroatoms. The van der Waals surface area contributed by atoms with E-state index < -0.39 is 0 Å². The molecule has 1 aliphatic rings. The third-order valence-electron chi connectivity index (χ3n) is 2.19. The first kappa shape index (κ1) is 6.41. The molecule has 0 saturated heterocycles. The molecule has 1 unspecified atom stereocenters. The summed E-state index contributed by atoms with van der Waals surface area (Å²) in [5.41, 5.74) is 1.16. The van der Waals surface area contributed by atoms with E-state index in [0.717, 1.165) is 24.5 Å². The summed E-state index contributed by atoms with van der Waals surface area (Å²) in [4.78, 5) is 4.19. The highest BCUT2D eigenvalue weighted by Crippen LogP contribution is 2.26. The molecule has 0 spiro atoms. The van der Waals surface area contributed by atoms with Crippen LogP contribution in [0.2, 0.25) is 0 Å². The van der Waals surface area contributed by atoms with E-state index in [1.807, 2.05) is 13.1 Å². The smallest absolute Gasteiger partial charge is 0.126 e. The molecule has 0 N–H and O–H groups in total. The van der Waals surface area contributed by atoms with Gasteiger partial charge in [-0.2, -0.15) is 5.26 Å². The van der Waals surface area contributed by atoms with Crippen LogP contribution >= 0.6 is 0 Å². The normalized spacial score (nSPS) is 21.3. The highest BCUT2D eigenvalue weighted by Gasteiger charge is 2.24. The average molecular weight is 147 g/mol. The Morgan fingerprint density at radius 2 is 2.64 bits per heavy atom. The Balaban J connectivity index is 2.50. The van der Waals surface area contributed by atoms with Crippen LogP contribution in [0.4, 0.5) is 0 Å². The van der Waals surface area contributed by atoms with Crippen LogP contribution in [0.3, 0.4) is 0 Å². The van der Waals surface area contributed by atoms with Gasteiger partial charge in [0.2, 0.25) is 0 Å². The van der Waals surface area contributed by atoms with Crippen molar-refractivity contribution in [3.05, 3.63) is 17.7 Å². The van der Waals surface area contributed by atoms with Gasteiger partial charge in [0, 0.05) is 18.4 Å². The molecule has 0 saturated carbocycles. The van der Waals surface area contributed by atoms with E-state index in [-0.39, 0.29) is 5.92 Å². The van der Waals surface area contributed by atoms with Crippen molar-refractivity contribution in [2.45, 2.75) is 25.8 Å². The third-order valence-corrected chi connectivity index (χ3v) is 2.19. The SMILES string of the molecule is Cc1cnc2n1CCC2C#N. The summed E-state index contributed by atoms with van der Waals surface area (Å²) in [5, 5.41) is 8.72. The summed E-state index contributed by atoms with van der Waals surface area (Å²) >= 11 is 0. The lowest BCUT2D eigenvalue weighted by Gasteiger charge is -1.95. The fourth-order valence-corrected chi connectivity index (χ4v) is 1.56. The molecule has 0 fully saturated rings. The van der Waals surface area contributed by atoms with E-state index in [9.17, 15) is 0 Å². The molecule has 1 aromatic heterocycles. The molecule has 2 rings (SSSR count). The average Bonchev–Trinajstić information content (AvgIpc) is 2.53. The highest BCUT2D eigenvalue weighted by atomic mass is 15.1. The molecule has 0 bridgehead atoms. The van der Waals surface area contributed by atoms with Crippen LogP contribution in [0.15, 0.2) is 6.20 Å². The van der Waals surface area contributed by atoms with E-state index >= 15 is 0 Å². The number of nitriles is 1. The Morgan fingerprint density at radius 3 is 3.36 bits per heavy atom. The van der Waals surface area contributed by atoms with Crippen molar-refractivity contribution in [2.24, 2.45) is 0 Å². The maximum atomic E-state index is 8.72. The monoisotopic (exact) mass is 147 g/mol. The molecule has 56 valence electrons. The second-order valence-electron chi connectivity index (χ2n) is 2.88. The van der Waals surface area contributed by atoms with Crippen LogP contribution < -0.4 is 0 Å². The van der Waals surface area contributed by atoms with Gasteiger partial charge in [0.25, 0.3) is 0 Å². The van der Waals surface area contributed by atoms with Gasteiger partial charge in [-0.3, -0.25) is 0 Å². The highest BCUT2D eigenvalue weighted by molar-refractivity contribution is 5.18. The summed E-state index contributed by atoms with van der Waals surface area (Å²) in [7, 11) is 0. The van der Waals surface area contributed by atoms with Crippen LogP contribution in [0.1, 0.15) is 23.9 Å². The summed E-state index contributed by atoms with van der Waals surface area (Å²) in [6, 6.07) is 2.25. The molecule has 1 aliphatic heterocycles. The van der Waals surface area contributed by atoms with Gasteiger partial charge in [-0.1, -0.05) is 0 Å². The number of aryl methyl sites for hydroxylation is 1. The Bertz CT molecular complexity index is 319. The Hall–Kier alpha value is -1.30. The summed E-state index contributed by atoms with van der Waals surface area (Å²) in [5.74, 6) is 0.980. The van der Waals surface area contributed by atoms with Gasteiger partial charge in [-0.05, 0) is 13.3 Å². The molecule has 2 heterocycles. The largest absolute Gasteiger partial charge is 0.331 e. The zero-order chi connectivity index (χ0) is 7.84. The number of fused-ring (bicyclic) bond motifs is 1. The van der Waals surface area contributed by atoms with Gasteiger partial charge in [0.15, 0.2) is 0 Å². The van der Waals surface area contributed by atoms with Gasteiger partial charge in [0.05, 0.1) is 6.07 Å². The van der Waals surface area contributed by atoms with Crippen molar-refractivity contribution in [1.29, 1.82) is 5.26 Å². The Labute approximate surface area is 65.3 Å². The number of nitrogens with zero attached hydrogens (tertiary/aromatic N) is 3. The number of rotatable bonds is 0. The van der Waals surface area contributed by atoms with Crippen LogP contribution in [-0.2, 0) is 6.54 Å². The van der Waals surface area contributed by atoms with E-state index in [1.54, 1.807) is 0 Å². The number of imidazole rings is 1. The van der Waals surface area contributed by atoms with Gasteiger partial charge in [0.1, 0.15) is 11.7 Å². The Morgan fingerprint density at radius 1 is 1.82 bits per heavy atom. The van der Waals surface area contributed by atoms with Gasteiger partial charge in [-0.25, -0.2) is 4.98 Å². The van der Waals surface area contributed by atoms with E-state index in [4.69, 9.17) is 5.26 Å². The lowest BCUT2D eigenvalue weighted by atomic mass is 10.1. The molecule has 0 radical (unpaired) electrons. The van der Waals surface area contributed by atoms with Gasteiger partial charge < -0.3 is 4.57 Å². The predicted molar refractivity (Wildman–Crippen MR) is 39.9 cm³/mol. The second-order valence-corrected chi connectivity index (χ2v) is 2.88. The van der Waals surface area contributed by atoms with Gasteiger partial charge in [-0.15, -0.1) is 0 Å². The maximum Gasteiger partial charge on any atom is 0.126 e. The Kier molecular flexibility index (Phi) is 1.22. The molecule has 0 aromatic carbocycles. The first-order chi connectivity index (χ1) is 5.33. The second kappa shape index (κ2) is 2.09. The maximum absolute atomic E-state index is 8.72. The molecular weight excluding hydrogens is 138 g/mol. The van der Waals surface area contributed by atoms with Crippen LogP contribution in [0.5, 0.6) is 0 Å². The predicted octanol–water partition coefficient (Wildman–Crippen LogP) is 1.20. The molecule has 0 amide bonds. The molecular formula is C8H9N3. The van der Waals surface area contributed by atoms with Crippen LogP contribution in [-0.4, -0.2) is 9.55 Å². The van der Waals surface area contributed by atoms with Crippen LogP contribution in [0.25, 0.3) is 0 Å². The van der Waals surface area contributed by atoms with E-state index in [1.165, 1.54) is 0 Å². The molecule has 11 heavy (non-hydrogen) atoms. The minimum Gasteiger partial charge on any atom is -0.331 e. The minimum atomic E-state index is 0.0312. The molecule has 1 aromatic rings. The van der Waals surface area contributed by atoms with Crippen LogP contribution in [0, 0.1) is 18.3 Å². The summed E-state index contributed by atoms with van der Waals surface area (Å²) in [6.07, 6.45) is 2.76. The number of aromatic nitrogens is 2. The summed E-state index contributed by atoms with van der Waals surface area (Å²) in [6.45, 7) is 2.98. The van der Waals surface area contributed by atoms with Crippen molar-refractivity contribution in [3.63, 3.8) is 0 Å². The summed E-state index contributed by atoms with van der Waals surface area (Å²) < 4.78 is 2.12. The van der Waals surface area contributed by atoms with Crippen molar-refractivity contribution >= 4 is 0 Å². The molecule has 3 nitrogen and oxygen atoms in total.